The molecule has 112 valence electrons. The number of hydrogen-bond donors (Lipinski definition) is 0. The number of aromatic nitrogens is 1. The lowest BCUT2D eigenvalue weighted by atomic mass is 10.2. The number of rotatable bonds is 4. The Morgan fingerprint density at radius 2 is 1.68 bits per heavy atom. The van der Waals surface area contributed by atoms with Crippen molar-refractivity contribution in [3.8, 4) is 11.3 Å². The van der Waals surface area contributed by atoms with Gasteiger partial charge in [-0.15, -0.1) is 0 Å². The molecule has 1 aromatic heterocycles. The average molecular weight is 334 g/mol. The summed E-state index contributed by atoms with van der Waals surface area (Å²) in [6.45, 7) is 0. The molecule has 0 saturated carbocycles. The van der Waals surface area contributed by atoms with Gasteiger partial charge in [0.25, 0.3) is 0 Å². The van der Waals surface area contributed by atoms with Gasteiger partial charge < -0.3 is 4.52 Å². The third-order valence-corrected chi connectivity index (χ3v) is 5.27. The first-order valence-electron chi connectivity index (χ1n) is 6.54. The summed E-state index contributed by atoms with van der Waals surface area (Å²) in [5.74, 6) is 0.275. The van der Waals surface area contributed by atoms with Crippen LogP contribution in [0.25, 0.3) is 11.3 Å². The summed E-state index contributed by atoms with van der Waals surface area (Å²) in [6, 6.07) is 17.4. The van der Waals surface area contributed by atoms with Crippen LogP contribution in [-0.4, -0.2) is 13.6 Å². The summed E-state index contributed by atoms with van der Waals surface area (Å²) < 4.78 is 30.0. The second-order valence-corrected chi connectivity index (χ2v) is 7.10. The van der Waals surface area contributed by atoms with Gasteiger partial charge in [-0.25, -0.2) is 8.42 Å². The van der Waals surface area contributed by atoms with Gasteiger partial charge in [-0.3, -0.25) is 0 Å². The first-order chi connectivity index (χ1) is 10.6. The number of nitrogens with zero attached hydrogens (tertiary/aromatic N) is 1. The Balaban J connectivity index is 1.88. The Hall–Kier alpha value is -2.11. The molecule has 22 heavy (non-hydrogen) atoms. The van der Waals surface area contributed by atoms with E-state index >= 15 is 0 Å². The molecule has 4 nitrogen and oxygen atoms in total. The summed E-state index contributed by atoms with van der Waals surface area (Å²) in [5, 5.41) is 4.04. The van der Waals surface area contributed by atoms with Crippen molar-refractivity contribution in [1.29, 1.82) is 0 Å². The topological polar surface area (TPSA) is 60.2 Å². The zero-order valence-corrected chi connectivity index (χ0v) is 13.0. The fourth-order valence-corrected chi connectivity index (χ4v) is 3.91. The van der Waals surface area contributed by atoms with Crippen LogP contribution in [0.5, 0.6) is 0 Å². The van der Waals surface area contributed by atoms with Crippen molar-refractivity contribution < 1.29 is 12.9 Å². The molecule has 2 aromatic carbocycles. The molecule has 0 radical (unpaired) electrons. The van der Waals surface area contributed by atoms with E-state index in [9.17, 15) is 8.42 Å². The Morgan fingerprint density at radius 3 is 2.41 bits per heavy atom. The summed E-state index contributed by atoms with van der Waals surface area (Å²) in [6.07, 6.45) is 0. The predicted octanol–water partition coefficient (Wildman–Crippen LogP) is 3.97. The maximum Gasteiger partial charge on any atom is 0.185 e. The molecule has 6 heteroatoms. The quantitative estimate of drug-likeness (QED) is 0.724. The van der Waals surface area contributed by atoms with Gasteiger partial charge in [0.2, 0.25) is 0 Å². The number of hydrogen-bond acceptors (Lipinski definition) is 4. The van der Waals surface area contributed by atoms with Crippen LogP contribution in [0.2, 0.25) is 5.02 Å². The average Bonchev–Trinajstić information content (AvgIpc) is 2.96. The third-order valence-electron chi connectivity index (χ3n) is 3.13. The number of sulfone groups is 1. The standard InChI is InChI=1S/C16H12ClNO3S/c17-14-8-4-5-9-16(14)22(19,20)11-13-10-15(21-18-13)12-6-2-1-3-7-12/h1-10H,11H2. The van der Waals surface area contributed by atoms with Gasteiger partial charge >= 0.3 is 0 Å². The van der Waals surface area contributed by atoms with Crippen LogP contribution in [0.3, 0.4) is 0 Å². The molecule has 0 aliphatic heterocycles. The first kappa shape index (κ1) is 14.8. The van der Waals surface area contributed by atoms with Crippen molar-refractivity contribution in [1.82, 2.24) is 5.16 Å². The van der Waals surface area contributed by atoms with E-state index in [2.05, 4.69) is 5.16 Å². The van der Waals surface area contributed by atoms with Crippen molar-refractivity contribution >= 4 is 21.4 Å². The van der Waals surface area contributed by atoms with E-state index in [1.807, 2.05) is 30.3 Å². The highest BCUT2D eigenvalue weighted by Gasteiger charge is 2.20. The Morgan fingerprint density at radius 1 is 1.00 bits per heavy atom. The Labute approximate surface area is 133 Å². The second kappa shape index (κ2) is 5.94. The maximum absolute atomic E-state index is 12.4. The highest BCUT2D eigenvalue weighted by Crippen LogP contribution is 2.26. The molecule has 0 amide bonds. The van der Waals surface area contributed by atoms with Gasteiger partial charge in [0.15, 0.2) is 15.6 Å². The van der Waals surface area contributed by atoms with Crippen LogP contribution in [0.4, 0.5) is 0 Å². The molecule has 0 atom stereocenters. The molecule has 0 unspecified atom stereocenters. The molecule has 0 aliphatic rings. The van der Waals surface area contributed by atoms with E-state index in [4.69, 9.17) is 16.1 Å². The van der Waals surface area contributed by atoms with Gasteiger partial charge in [0, 0.05) is 11.6 Å². The zero-order chi connectivity index (χ0) is 15.6. The minimum Gasteiger partial charge on any atom is -0.356 e. The molecular weight excluding hydrogens is 322 g/mol. The van der Waals surface area contributed by atoms with Crippen LogP contribution in [-0.2, 0) is 15.6 Å². The Kier molecular flexibility index (Phi) is 4.00. The van der Waals surface area contributed by atoms with E-state index in [0.717, 1.165) is 5.56 Å². The van der Waals surface area contributed by atoms with Gasteiger partial charge in [-0.1, -0.05) is 59.2 Å². The van der Waals surface area contributed by atoms with Crippen molar-refractivity contribution in [2.75, 3.05) is 0 Å². The summed E-state index contributed by atoms with van der Waals surface area (Å²) in [4.78, 5) is 0.0981. The fourth-order valence-electron chi connectivity index (χ4n) is 2.09. The minimum absolute atomic E-state index is 0.0981. The van der Waals surface area contributed by atoms with Crippen LogP contribution >= 0.6 is 11.6 Å². The normalized spacial score (nSPS) is 11.5. The van der Waals surface area contributed by atoms with Gasteiger partial charge in [-0.2, -0.15) is 0 Å². The van der Waals surface area contributed by atoms with Gasteiger partial charge in [0.05, 0.1) is 15.6 Å². The molecule has 0 spiro atoms. The molecule has 0 saturated heterocycles. The van der Waals surface area contributed by atoms with Gasteiger partial charge in [-0.05, 0) is 12.1 Å². The summed E-state index contributed by atoms with van der Waals surface area (Å²) >= 11 is 5.95. The van der Waals surface area contributed by atoms with E-state index in [0.29, 0.717) is 11.5 Å². The summed E-state index contributed by atoms with van der Waals surface area (Å²) in [5.41, 5.74) is 1.19. The monoisotopic (exact) mass is 333 g/mol. The van der Waals surface area contributed by atoms with Crippen LogP contribution in [0.1, 0.15) is 5.69 Å². The van der Waals surface area contributed by atoms with E-state index in [1.54, 1.807) is 24.3 Å². The molecule has 0 bridgehead atoms. The van der Waals surface area contributed by atoms with Crippen molar-refractivity contribution in [2.24, 2.45) is 0 Å². The van der Waals surface area contributed by atoms with E-state index in [-0.39, 0.29) is 15.7 Å². The predicted molar refractivity (Wildman–Crippen MR) is 84.3 cm³/mol. The fraction of sp³-hybridized carbons (Fsp3) is 0.0625. The third kappa shape index (κ3) is 3.05. The largest absolute Gasteiger partial charge is 0.356 e. The lowest BCUT2D eigenvalue weighted by Gasteiger charge is -2.03. The van der Waals surface area contributed by atoms with Gasteiger partial charge in [0.1, 0.15) is 5.75 Å². The summed E-state index contributed by atoms with van der Waals surface area (Å²) in [7, 11) is -3.57. The van der Waals surface area contributed by atoms with Crippen molar-refractivity contribution in [3.63, 3.8) is 0 Å². The SMILES string of the molecule is O=S(=O)(Cc1cc(-c2ccccc2)on1)c1ccccc1Cl. The lowest BCUT2D eigenvalue weighted by molar-refractivity contribution is 0.426. The smallest absolute Gasteiger partial charge is 0.185 e. The van der Waals surface area contributed by atoms with Crippen LogP contribution in [0, 0.1) is 0 Å². The van der Waals surface area contributed by atoms with Crippen molar-refractivity contribution in [3.05, 3.63) is 71.4 Å². The molecule has 3 rings (SSSR count). The molecule has 1 heterocycles. The zero-order valence-electron chi connectivity index (χ0n) is 11.4. The van der Waals surface area contributed by atoms with Crippen LogP contribution < -0.4 is 0 Å². The van der Waals surface area contributed by atoms with E-state index in [1.165, 1.54) is 6.07 Å². The lowest BCUT2D eigenvalue weighted by Crippen LogP contribution is -2.05. The molecular formula is C16H12ClNO3S. The van der Waals surface area contributed by atoms with E-state index < -0.39 is 9.84 Å². The maximum atomic E-state index is 12.4. The number of halogens is 1. The highest BCUT2D eigenvalue weighted by atomic mass is 35.5. The Bertz CT molecular complexity index is 889. The molecule has 3 aromatic rings. The van der Waals surface area contributed by atoms with Crippen LogP contribution in [0.15, 0.2) is 70.1 Å². The second-order valence-electron chi connectivity index (χ2n) is 4.74. The number of benzene rings is 2. The molecule has 0 fully saturated rings. The minimum atomic E-state index is -3.57. The molecule has 0 aliphatic carbocycles. The highest BCUT2D eigenvalue weighted by molar-refractivity contribution is 7.90. The molecule has 0 N–H and O–H groups in total. The van der Waals surface area contributed by atoms with Crippen molar-refractivity contribution in [2.45, 2.75) is 10.6 Å². The first-order valence-corrected chi connectivity index (χ1v) is 8.57.